The van der Waals surface area contributed by atoms with Gasteiger partial charge in [-0.15, -0.1) is 0 Å². The van der Waals surface area contributed by atoms with E-state index in [0.717, 1.165) is 34.0 Å². The van der Waals surface area contributed by atoms with Crippen LogP contribution in [-0.2, 0) is 0 Å². The van der Waals surface area contributed by atoms with E-state index in [0.29, 0.717) is 5.95 Å². The van der Waals surface area contributed by atoms with Crippen molar-refractivity contribution < 1.29 is 0 Å². The maximum Gasteiger partial charge on any atom is 0.229 e. The van der Waals surface area contributed by atoms with E-state index < -0.39 is 0 Å². The van der Waals surface area contributed by atoms with E-state index in [9.17, 15) is 0 Å². The number of anilines is 4. The van der Waals surface area contributed by atoms with Gasteiger partial charge in [0.15, 0.2) is 0 Å². The first-order valence-electron chi connectivity index (χ1n) is 10.2. The van der Waals surface area contributed by atoms with Gasteiger partial charge in [0.05, 0.1) is 17.0 Å². The second-order valence-electron chi connectivity index (χ2n) is 7.46. The lowest BCUT2D eigenvalue weighted by Crippen LogP contribution is -2.07. The molecule has 0 atom stereocenters. The maximum absolute atomic E-state index is 4.65. The van der Waals surface area contributed by atoms with E-state index in [4.69, 9.17) is 0 Å². The predicted molar refractivity (Wildman–Crippen MR) is 129 cm³/mol. The predicted octanol–water partition coefficient (Wildman–Crippen LogP) is 5.37. The highest BCUT2D eigenvalue weighted by molar-refractivity contribution is 5.76. The molecule has 2 N–H and O–H groups in total. The second kappa shape index (κ2) is 8.83. The Morgan fingerprint density at radius 3 is 2.06 bits per heavy atom. The van der Waals surface area contributed by atoms with E-state index in [2.05, 4.69) is 66.9 Å². The average Bonchev–Trinajstić information content (AvgIpc) is 2.80. The van der Waals surface area contributed by atoms with E-state index in [1.54, 1.807) is 6.20 Å². The van der Waals surface area contributed by atoms with Crippen molar-refractivity contribution in [2.45, 2.75) is 6.92 Å². The molecule has 0 aliphatic rings. The van der Waals surface area contributed by atoms with Crippen molar-refractivity contribution in [1.29, 1.82) is 0 Å². The van der Waals surface area contributed by atoms with E-state index in [1.807, 2.05) is 58.4 Å². The number of hydrogen-bond acceptors (Lipinski definition) is 6. The molecule has 4 aromatic rings. The van der Waals surface area contributed by atoms with Crippen LogP contribution in [0.3, 0.4) is 0 Å². The van der Waals surface area contributed by atoms with Crippen LogP contribution in [0.2, 0.25) is 0 Å². The van der Waals surface area contributed by atoms with Crippen LogP contribution in [0.4, 0.5) is 23.1 Å². The van der Waals surface area contributed by atoms with Crippen LogP contribution in [0, 0.1) is 6.92 Å². The fraction of sp³-hybridized carbons (Fsp3) is 0.160. The molecule has 0 aliphatic heterocycles. The van der Waals surface area contributed by atoms with E-state index in [1.165, 1.54) is 11.3 Å². The molecule has 156 valence electrons. The van der Waals surface area contributed by atoms with Crippen LogP contribution in [0.5, 0.6) is 0 Å². The molecule has 6 nitrogen and oxygen atoms in total. The molecule has 0 radical (unpaired) electrons. The Morgan fingerprint density at radius 2 is 1.48 bits per heavy atom. The number of aryl methyl sites for hydroxylation is 1. The number of pyridine rings is 1. The number of nitrogens with one attached hydrogen (secondary N) is 2. The molecule has 0 amide bonds. The Bertz CT molecular complexity index is 1150. The van der Waals surface area contributed by atoms with Gasteiger partial charge in [0.1, 0.15) is 5.82 Å². The van der Waals surface area contributed by atoms with Crippen LogP contribution in [0.25, 0.3) is 22.4 Å². The van der Waals surface area contributed by atoms with Gasteiger partial charge in [-0.3, -0.25) is 4.98 Å². The SMILES string of the molecule is CNc1nc(Nc2ccc(-c3ccc(N(C)C)cc3)cc2)nc(C)c1-c1ccccn1. The lowest BCUT2D eigenvalue weighted by molar-refractivity contribution is 1.10. The van der Waals surface area contributed by atoms with Gasteiger partial charge in [-0.05, 0) is 54.4 Å². The molecule has 0 spiro atoms. The van der Waals surface area contributed by atoms with Gasteiger partial charge in [-0.25, -0.2) is 4.98 Å². The highest BCUT2D eigenvalue weighted by atomic mass is 15.1. The summed E-state index contributed by atoms with van der Waals surface area (Å²) in [4.78, 5) is 15.8. The van der Waals surface area contributed by atoms with Gasteiger partial charge in [0.2, 0.25) is 5.95 Å². The summed E-state index contributed by atoms with van der Waals surface area (Å²) >= 11 is 0. The molecule has 0 aliphatic carbocycles. The number of rotatable bonds is 6. The largest absolute Gasteiger partial charge is 0.378 e. The van der Waals surface area contributed by atoms with E-state index in [-0.39, 0.29) is 0 Å². The Hall–Kier alpha value is -3.93. The molecular formula is C25H26N6. The fourth-order valence-corrected chi connectivity index (χ4v) is 3.45. The molecule has 2 aromatic carbocycles. The highest BCUT2D eigenvalue weighted by Crippen LogP contribution is 2.30. The molecule has 0 bridgehead atoms. The Kier molecular flexibility index (Phi) is 5.80. The van der Waals surface area contributed by atoms with Gasteiger partial charge in [-0.2, -0.15) is 4.98 Å². The molecule has 2 aromatic heterocycles. The standard InChI is InChI=1S/C25H26N6/c1-17-23(22-7-5-6-16-27-22)24(26-2)30-25(28-17)29-20-12-8-18(9-13-20)19-10-14-21(15-11-19)31(3)4/h5-16H,1-4H3,(H2,26,28,29,30). The van der Waals surface area contributed by atoms with Crippen LogP contribution < -0.4 is 15.5 Å². The Labute approximate surface area is 183 Å². The molecule has 6 heteroatoms. The van der Waals surface area contributed by atoms with Gasteiger partial charge in [0, 0.05) is 38.7 Å². The van der Waals surface area contributed by atoms with Gasteiger partial charge < -0.3 is 15.5 Å². The van der Waals surface area contributed by atoms with E-state index >= 15 is 0 Å². The van der Waals surface area contributed by atoms with Crippen LogP contribution in [0.15, 0.2) is 72.9 Å². The van der Waals surface area contributed by atoms with Gasteiger partial charge >= 0.3 is 0 Å². The Balaban J connectivity index is 1.56. The van der Waals surface area contributed by atoms with Crippen LogP contribution in [-0.4, -0.2) is 36.1 Å². The molecule has 0 saturated heterocycles. The molecule has 4 rings (SSSR count). The third kappa shape index (κ3) is 4.48. The molecule has 0 fully saturated rings. The second-order valence-corrected chi connectivity index (χ2v) is 7.46. The summed E-state index contributed by atoms with van der Waals surface area (Å²) in [5, 5.41) is 6.48. The summed E-state index contributed by atoms with van der Waals surface area (Å²) < 4.78 is 0. The number of aromatic nitrogens is 3. The van der Waals surface area contributed by atoms with Crippen molar-refractivity contribution in [3.8, 4) is 22.4 Å². The molecular weight excluding hydrogens is 384 g/mol. The van der Waals surface area contributed by atoms with Crippen LogP contribution in [0.1, 0.15) is 5.69 Å². The maximum atomic E-state index is 4.65. The molecule has 0 saturated carbocycles. The summed E-state index contributed by atoms with van der Waals surface area (Å²) in [6.45, 7) is 1.97. The lowest BCUT2D eigenvalue weighted by atomic mass is 10.0. The van der Waals surface area contributed by atoms with Gasteiger partial charge in [0.25, 0.3) is 0 Å². The zero-order valence-corrected chi connectivity index (χ0v) is 18.2. The smallest absolute Gasteiger partial charge is 0.229 e. The third-order valence-corrected chi connectivity index (χ3v) is 5.11. The minimum absolute atomic E-state index is 0.546. The summed E-state index contributed by atoms with van der Waals surface area (Å²) in [5.41, 5.74) is 7.07. The van der Waals surface area contributed by atoms with Crippen molar-refractivity contribution in [1.82, 2.24) is 15.0 Å². The van der Waals surface area contributed by atoms with Crippen LogP contribution >= 0.6 is 0 Å². The van der Waals surface area contributed by atoms with Crippen molar-refractivity contribution in [2.24, 2.45) is 0 Å². The summed E-state index contributed by atoms with van der Waals surface area (Å²) in [6, 6.07) is 22.6. The lowest BCUT2D eigenvalue weighted by Gasteiger charge is -2.14. The zero-order chi connectivity index (χ0) is 21.8. The minimum Gasteiger partial charge on any atom is -0.378 e. The third-order valence-electron chi connectivity index (χ3n) is 5.11. The normalized spacial score (nSPS) is 10.6. The minimum atomic E-state index is 0.546. The first-order valence-corrected chi connectivity index (χ1v) is 10.2. The molecule has 0 unspecified atom stereocenters. The molecule has 31 heavy (non-hydrogen) atoms. The monoisotopic (exact) mass is 410 g/mol. The summed E-state index contributed by atoms with van der Waals surface area (Å²) in [7, 11) is 5.94. The van der Waals surface area contributed by atoms with Crippen molar-refractivity contribution in [3.63, 3.8) is 0 Å². The summed E-state index contributed by atoms with van der Waals surface area (Å²) in [5.74, 6) is 1.29. The average molecular weight is 411 g/mol. The summed E-state index contributed by atoms with van der Waals surface area (Å²) in [6.07, 6.45) is 1.77. The number of hydrogen-bond donors (Lipinski definition) is 2. The van der Waals surface area contributed by atoms with Gasteiger partial charge in [-0.1, -0.05) is 30.3 Å². The first-order chi connectivity index (χ1) is 15.0. The number of benzene rings is 2. The van der Waals surface area contributed by atoms with Crippen molar-refractivity contribution >= 4 is 23.1 Å². The molecule has 2 heterocycles. The quantitative estimate of drug-likeness (QED) is 0.446. The Morgan fingerprint density at radius 1 is 0.806 bits per heavy atom. The number of nitrogens with zero attached hydrogens (tertiary/aromatic N) is 4. The first kappa shape index (κ1) is 20.3. The highest BCUT2D eigenvalue weighted by Gasteiger charge is 2.14. The van der Waals surface area contributed by atoms with Crippen molar-refractivity contribution in [3.05, 3.63) is 78.6 Å². The van der Waals surface area contributed by atoms with Crippen molar-refractivity contribution in [2.75, 3.05) is 36.7 Å². The zero-order valence-electron chi connectivity index (χ0n) is 18.2. The topological polar surface area (TPSA) is 66.0 Å². The fourth-order valence-electron chi connectivity index (χ4n) is 3.45.